The second-order valence-corrected chi connectivity index (χ2v) is 4.73. The minimum absolute atomic E-state index is 0.886. The van der Waals surface area contributed by atoms with Gasteiger partial charge in [-0.2, -0.15) is 0 Å². The van der Waals surface area contributed by atoms with Crippen LogP contribution in [-0.4, -0.2) is 21.4 Å². The van der Waals surface area contributed by atoms with E-state index in [0.717, 1.165) is 24.4 Å². The lowest BCUT2D eigenvalue weighted by Gasteiger charge is -2.22. The van der Waals surface area contributed by atoms with Crippen molar-refractivity contribution in [3.63, 3.8) is 0 Å². The average molecular weight is 294 g/mol. The Labute approximate surface area is 110 Å². The van der Waals surface area contributed by atoms with Crippen LogP contribution < -0.4 is 4.90 Å². The first kappa shape index (κ1) is 12.2. The standard InChI is InChI=1S/C13H16BrN3/c1-16-10-8-15-13(16)17(9-7-14)11-12-5-3-2-4-6-12/h2-6,8,10H,7,9,11H2,1H3. The number of halogens is 1. The topological polar surface area (TPSA) is 21.1 Å². The van der Waals surface area contributed by atoms with E-state index in [9.17, 15) is 0 Å². The molecule has 0 fully saturated rings. The number of rotatable bonds is 5. The predicted molar refractivity (Wildman–Crippen MR) is 74.5 cm³/mol. The van der Waals surface area contributed by atoms with Crippen LogP contribution in [0, 0.1) is 0 Å². The number of anilines is 1. The molecule has 3 nitrogen and oxygen atoms in total. The molecule has 0 aliphatic heterocycles. The number of benzene rings is 1. The number of alkyl halides is 1. The summed E-state index contributed by atoms with van der Waals surface area (Å²) in [5.74, 6) is 1.01. The first-order chi connectivity index (χ1) is 8.31. The molecular formula is C13H16BrN3. The molecule has 0 saturated carbocycles. The average Bonchev–Trinajstić information content (AvgIpc) is 2.76. The minimum Gasteiger partial charge on any atom is -0.337 e. The summed E-state index contributed by atoms with van der Waals surface area (Å²) >= 11 is 3.49. The SMILES string of the molecule is Cn1ccnc1N(CCBr)Cc1ccccc1. The van der Waals surface area contributed by atoms with E-state index >= 15 is 0 Å². The molecule has 2 aromatic rings. The van der Waals surface area contributed by atoms with Gasteiger partial charge in [0.25, 0.3) is 0 Å². The summed E-state index contributed by atoms with van der Waals surface area (Å²) in [5, 5.41) is 0.937. The summed E-state index contributed by atoms with van der Waals surface area (Å²) in [6, 6.07) is 10.5. The second-order valence-electron chi connectivity index (χ2n) is 3.93. The van der Waals surface area contributed by atoms with Crippen molar-refractivity contribution in [3.05, 3.63) is 48.3 Å². The molecule has 0 saturated heterocycles. The Morgan fingerprint density at radius 1 is 1.29 bits per heavy atom. The van der Waals surface area contributed by atoms with Gasteiger partial charge in [0.15, 0.2) is 0 Å². The van der Waals surface area contributed by atoms with E-state index in [1.165, 1.54) is 5.56 Å². The molecule has 17 heavy (non-hydrogen) atoms. The summed E-state index contributed by atoms with van der Waals surface area (Å²) in [5.41, 5.74) is 1.30. The van der Waals surface area contributed by atoms with Crippen molar-refractivity contribution in [2.24, 2.45) is 7.05 Å². The Balaban J connectivity index is 2.16. The molecule has 1 aromatic heterocycles. The third kappa shape index (κ3) is 3.09. The minimum atomic E-state index is 0.886. The number of imidazole rings is 1. The van der Waals surface area contributed by atoms with Crippen LogP contribution in [0.2, 0.25) is 0 Å². The Morgan fingerprint density at radius 2 is 2.06 bits per heavy atom. The van der Waals surface area contributed by atoms with Crippen LogP contribution in [-0.2, 0) is 13.6 Å². The van der Waals surface area contributed by atoms with E-state index in [0.29, 0.717) is 0 Å². The van der Waals surface area contributed by atoms with E-state index in [4.69, 9.17) is 0 Å². The normalized spacial score (nSPS) is 10.5. The fourth-order valence-electron chi connectivity index (χ4n) is 1.82. The monoisotopic (exact) mass is 293 g/mol. The van der Waals surface area contributed by atoms with Gasteiger partial charge in [0.05, 0.1) is 0 Å². The summed E-state index contributed by atoms with van der Waals surface area (Å²) < 4.78 is 2.05. The van der Waals surface area contributed by atoms with Crippen molar-refractivity contribution in [3.8, 4) is 0 Å². The molecule has 0 bridgehead atoms. The Bertz CT molecular complexity index is 453. The highest BCUT2D eigenvalue weighted by molar-refractivity contribution is 9.09. The molecule has 4 heteroatoms. The van der Waals surface area contributed by atoms with E-state index in [1.54, 1.807) is 0 Å². The molecule has 0 aliphatic carbocycles. The van der Waals surface area contributed by atoms with Gasteiger partial charge in [0, 0.05) is 37.9 Å². The van der Waals surface area contributed by atoms with Gasteiger partial charge in [-0.05, 0) is 5.56 Å². The van der Waals surface area contributed by atoms with E-state index in [1.807, 2.05) is 30.1 Å². The van der Waals surface area contributed by atoms with Crippen LogP contribution in [0.4, 0.5) is 5.95 Å². The van der Waals surface area contributed by atoms with Crippen LogP contribution in [0.25, 0.3) is 0 Å². The molecule has 0 aliphatic rings. The van der Waals surface area contributed by atoms with E-state index in [-0.39, 0.29) is 0 Å². The number of hydrogen-bond donors (Lipinski definition) is 0. The highest BCUT2D eigenvalue weighted by atomic mass is 79.9. The molecule has 0 atom stereocenters. The fourth-order valence-corrected chi connectivity index (χ4v) is 2.25. The number of aromatic nitrogens is 2. The lowest BCUT2D eigenvalue weighted by atomic mass is 10.2. The zero-order valence-electron chi connectivity index (χ0n) is 9.88. The van der Waals surface area contributed by atoms with E-state index in [2.05, 4.69) is 50.1 Å². The predicted octanol–water partition coefficient (Wildman–Crippen LogP) is 2.82. The fraction of sp³-hybridized carbons (Fsp3) is 0.308. The number of nitrogens with zero attached hydrogens (tertiary/aromatic N) is 3. The Hall–Kier alpha value is -1.29. The molecule has 2 rings (SSSR count). The third-order valence-electron chi connectivity index (χ3n) is 2.65. The van der Waals surface area contributed by atoms with Crippen molar-refractivity contribution < 1.29 is 0 Å². The highest BCUT2D eigenvalue weighted by Crippen LogP contribution is 2.14. The van der Waals surface area contributed by atoms with Crippen molar-refractivity contribution >= 4 is 21.9 Å². The summed E-state index contributed by atoms with van der Waals surface area (Å²) in [6.45, 7) is 1.83. The van der Waals surface area contributed by atoms with E-state index < -0.39 is 0 Å². The number of hydrogen-bond acceptors (Lipinski definition) is 2. The van der Waals surface area contributed by atoms with Crippen molar-refractivity contribution in [1.82, 2.24) is 9.55 Å². The molecule has 1 heterocycles. The van der Waals surface area contributed by atoms with Crippen LogP contribution in [0.15, 0.2) is 42.7 Å². The smallest absolute Gasteiger partial charge is 0.205 e. The van der Waals surface area contributed by atoms with Gasteiger partial charge in [-0.1, -0.05) is 46.3 Å². The van der Waals surface area contributed by atoms with Crippen molar-refractivity contribution in [1.29, 1.82) is 0 Å². The Kier molecular flexibility index (Phi) is 4.20. The zero-order chi connectivity index (χ0) is 12.1. The summed E-state index contributed by atoms with van der Waals surface area (Å²) in [4.78, 5) is 6.67. The summed E-state index contributed by atoms with van der Waals surface area (Å²) in [7, 11) is 2.02. The maximum atomic E-state index is 4.40. The molecule has 0 radical (unpaired) electrons. The van der Waals surface area contributed by atoms with Crippen molar-refractivity contribution in [2.45, 2.75) is 6.54 Å². The maximum absolute atomic E-state index is 4.40. The zero-order valence-corrected chi connectivity index (χ0v) is 11.5. The molecule has 0 unspecified atom stereocenters. The highest BCUT2D eigenvalue weighted by Gasteiger charge is 2.10. The first-order valence-corrected chi connectivity index (χ1v) is 6.75. The molecule has 1 aromatic carbocycles. The van der Waals surface area contributed by atoms with Gasteiger partial charge in [-0.15, -0.1) is 0 Å². The molecule has 0 amide bonds. The molecule has 90 valence electrons. The van der Waals surface area contributed by atoms with Gasteiger partial charge >= 0.3 is 0 Å². The third-order valence-corrected chi connectivity index (χ3v) is 3.00. The lowest BCUT2D eigenvalue weighted by Crippen LogP contribution is -2.27. The van der Waals surface area contributed by atoms with Gasteiger partial charge in [0.1, 0.15) is 0 Å². The molecule has 0 spiro atoms. The van der Waals surface area contributed by atoms with Gasteiger partial charge in [-0.3, -0.25) is 0 Å². The first-order valence-electron chi connectivity index (χ1n) is 5.63. The molecule has 0 N–H and O–H groups in total. The largest absolute Gasteiger partial charge is 0.337 e. The molecular weight excluding hydrogens is 278 g/mol. The van der Waals surface area contributed by atoms with Crippen LogP contribution in [0.3, 0.4) is 0 Å². The lowest BCUT2D eigenvalue weighted by molar-refractivity contribution is 0.759. The Morgan fingerprint density at radius 3 is 2.65 bits per heavy atom. The second kappa shape index (κ2) is 5.87. The van der Waals surface area contributed by atoms with Gasteiger partial charge in [-0.25, -0.2) is 4.98 Å². The van der Waals surface area contributed by atoms with Crippen LogP contribution >= 0.6 is 15.9 Å². The van der Waals surface area contributed by atoms with Gasteiger partial charge in [0.2, 0.25) is 5.95 Å². The van der Waals surface area contributed by atoms with Crippen LogP contribution in [0.5, 0.6) is 0 Å². The van der Waals surface area contributed by atoms with Gasteiger partial charge < -0.3 is 9.47 Å². The number of aryl methyl sites for hydroxylation is 1. The van der Waals surface area contributed by atoms with Crippen LogP contribution in [0.1, 0.15) is 5.56 Å². The maximum Gasteiger partial charge on any atom is 0.205 e. The quantitative estimate of drug-likeness (QED) is 0.791. The van der Waals surface area contributed by atoms with Crippen molar-refractivity contribution in [2.75, 3.05) is 16.8 Å². The summed E-state index contributed by atoms with van der Waals surface area (Å²) in [6.07, 6.45) is 3.81.